The molecule has 0 aromatic carbocycles. The molecule has 5 heteroatoms. The Bertz CT molecular complexity index is 383. The third kappa shape index (κ3) is 2.97. The van der Waals surface area contributed by atoms with Gasteiger partial charge < -0.3 is 10.1 Å². The summed E-state index contributed by atoms with van der Waals surface area (Å²) in [4.78, 5) is 26.1. The van der Waals surface area contributed by atoms with Crippen LogP contribution in [0, 0.1) is 17.8 Å². The van der Waals surface area contributed by atoms with Crippen LogP contribution in [0.3, 0.4) is 0 Å². The van der Waals surface area contributed by atoms with Crippen molar-refractivity contribution >= 4 is 11.9 Å². The topological polar surface area (TPSA) is 58.6 Å². The standard InChI is InChI=1S/C15H26N2O3/c1-9(2)17(3)8-12(18)16-14-11-6-5-10(7-11)13(14)15(19)20-4/h9-11,13-14H,5-8H2,1-4H3,(H,16,18)/t10-,11-,13-,14+/m0/s1. The average molecular weight is 282 g/mol. The highest BCUT2D eigenvalue weighted by molar-refractivity contribution is 5.80. The number of fused-ring (bicyclic) bond motifs is 2. The third-order valence-electron chi connectivity index (χ3n) is 4.99. The number of esters is 1. The Morgan fingerprint density at radius 1 is 1.30 bits per heavy atom. The van der Waals surface area contributed by atoms with Crippen molar-refractivity contribution in [2.45, 2.75) is 45.2 Å². The second-order valence-electron chi connectivity index (χ2n) is 6.48. The molecule has 2 bridgehead atoms. The molecule has 0 saturated heterocycles. The van der Waals surface area contributed by atoms with Gasteiger partial charge in [-0.05, 0) is 52.0 Å². The molecule has 0 radical (unpaired) electrons. The number of likely N-dealkylation sites (N-methyl/N-ethyl adjacent to an activating group) is 1. The molecular weight excluding hydrogens is 256 g/mol. The zero-order chi connectivity index (χ0) is 14.9. The Morgan fingerprint density at radius 3 is 2.55 bits per heavy atom. The fraction of sp³-hybridized carbons (Fsp3) is 0.867. The predicted molar refractivity (Wildman–Crippen MR) is 76.0 cm³/mol. The first-order valence-electron chi connectivity index (χ1n) is 7.51. The van der Waals surface area contributed by atoms with E-state index in [0.29, 0.717) is 24.4 Å². The van der Waals surface area contributed by atoms with Crippen LogP contribution in [0.4, 0.5) is 0 Å². The Kier molecular flexibility index (Phi) is 4.68. The summed E-state index contributed by atoms with van der Waals surface area (Å²) in [6.45, 7) is 4.49. The summed E-state index contributed by atoms with van der Waals surface area (Å²) < 4.78 is 4.92. The number of hydrogen-bond acceptors (Lipinski definition) is 4. The second kappa shape index (κ2) is 6.12. The van der Waals surface area contributed by atoms with Gasteiger partial charge in [-0.3, -0.25) is 14.5 Å². The molecule has 114 valence electrons. The summed E-state index contributed by atoms with van der Waals surface area (Å²) in [6, 6.07) is 0.298. The second-order valence-corrected chi connectivity index (χ2v) is 6.48. The Balaban J connectivity index is 1.96. The van der Waals surface area contributed by atoms with E-state index in [1.807, 2.05) is 11.9 Å². The zero-order valence-electron chi connectivity index (χ0n) is 12.9. The molecule has 0 aromatic heterocycles. The van der Waals surface area contributed by atoms with Crippen molar-refractivity contribution in [1.29, 1.82) is 0 Å². The number of amides is 1. The number of nitrogens with one attached hydrogen (secondary N) is 1. The maximum absolute atomic E-state index is 12.1. The van der Waals surface area contributed by atoms with Crippen LogP contribution >= 0.6 is 0 Å². The monoisotopic (exact) mass is 282 g/mol. The molecule has 2 aliphatic carbocycles. The van der Waals surface area contributed by atoms with E-state index in [1.165, 1.54) is 7.11 Å². The molecule has 0 spiro atoms. The molecule has 1 amide bonds. The van der Waals surface area contributed by atoms with Crippen LogP contribution in [0.5, 0.6) is 0 Å². The van der Waals surface area contributed by atoms with Crippen LogP contribution in [0.2, 0.25) is 0 Å². The van der Waals surface area contributed by atoms with Gasteiger partial charge in [-0.2, -0.15) is 0 Å². The Hall–Kier alpha value is -1.10. The summed E-state index contributed by atoms with van der Waals surface area (Å²) >= 11 is 0. The third-order valence-corrected chi connectivity index (χ3v) is 4.99. The van der Waals surface area contributed by atoms with Crippen LogP contribution in [0.25, 0.3) is 0 Å². The lowest BCUT2D eigenvalue weighted by Crippen LogP contribution is -2.50. The first-order valence-corrected chi connectivity index (χ1v) is 7.51. The van der Waals surface area contributed by atoms with Gasteiger partial charge in [0.2, 0.25) is 5.91 Å². The van der Waals surface area contributed by atoms with Crippen molar-refractivity contribution < 1.29 is 14.3 Å². The molecule has 2 fully saturated rings. The van der Waals surface area contributed by atoms with Gasteiger partial charge in [0.25, 0.3) is 0 Å². The van der Waals surface area contributed by atoms with Gasteiger partial charge in [0.1, 0.15) is 0 Å². The van der Waals surface area contributed by atoms with Crippen molar-refractivity contribution in [3.8, 4) is 0 Å². The summed E-state index contributed by atoms with van der Waals surface area (Å²) in [6.07, 6.45) is 3.25. The van der Waals surface area contributed by atoms with Crippen molar-refractivity contribution in [3.63, 3.8) is 0 Å². The smallest absolute Gasteiger partial charge is 0.311 e. The van der Waals surface area contributed by atoms with Crippen LogP contribution in [0.15, 0.2) is 0 Å². The molecule has 1 N–H and O–H groups in total. The molecular formula is C15H26N2O3. The molecule has 0 aromatic rings. The Morgan fingerprint density at radius 2 is 1.95 bits per heavy atom. The van der Waals surface area contributed by atoms with E-state index >= 15 is 0 Å². The van der Waals surface area contributed by atoms with Gasteiger partial charge in [-0.1, -0.05) is 0 Å². The number of ether oxygens (including phenoxy) is 1. The van der Waals surface area contributed by atoms with Crippen LogP contribution in [0.1, 0.15) is 33.1 Å². The molecule has 20 heavy (non-hydrogen) atoms. The lowest BCUT2D eigenvalue weighted by Gasteiger charge is -2.30. The van der Waals surface area contributed by atoms with E-state index in [2.05, 4.69) is 19.2 Å². The lowest BCUT2D eigenvalue weighted by atomic mass is 9.84. The lowest BCUT2D eigenvalue weighted by molar-refractivity contribution is -0.148. The number of carbonyl (C=O) groups is 2. The van der Waals surface area contributed by atoms with Gasteiger partial charge in [-0.15, -0.1) is 0 Å². The minimum absolute atomic E-state index is 0.00709. The highest BCUT2D eigenvalue weighted by Gasteiger charge is 2.51. The molecule has 4 atom stereocenters. The minimum Gasteiger partial charge on any atom is -0.469 e. The first-order chi connectivity index (χ1) is 9.43. The van der Waals surface area contributed by atoms with Crippen molar-refractivity contribution in [1.82, 2.24) is 10.2 Å². The first kappa shape index (κ1) is 15.3. The summed E-state index contributed by atoms with van der Waals surface area (Å²) in [5.74, 6) is 0.525. The van der Waals surface area contributed by atoms with Gasteiger partial charge in [-0.25, -0.2) is 0 Å². The maximum atomic E-state index is 12.1. The van der Waals surface area contributed by atoms with E-state index in [-0.39, 0.29) is 23.8 Å². The SMILES string of the molecule is COC(=O)[C@H]1[C@H]2CC[C@@H](C2)[C@H]1NC(=O)CN(C)C(C)C. The maximum Gasteiger partial charge on any atom is 0.311 e. The van der Waals surface area contributed by atoms with E-state index in [1.54, 1.807) is 0 Å². The summed E-state index contributed by atoms with van der Waals surface area (Å²) in [5, 5.41) is 3.08. The predicted octanol–water partition coefficient (Wildman–Crippen LogP) is 1.03. The largest absolute Gasteiger partial charge is 0.469 e. The molecule has 0 heterocycles. The number of nitrogens with zero attached hydrogens (tertiary/aromatic N) is 1. The minimum atomic E-state index is -0.167. The number of methoxy groups -OCH3 is 1. The highest BCUT2D eigenvalue weighted by Crippen LogP contribution is 2.48. The number of carbonyl (C=O) groups excluding carboxylic acids is 2. The highest BCUT2D eigenvalue weighted by atomic mass is 16.5. The fourth-order valence-corrected chi connectivity index (χ4v) is 3.61. The molecule has 2 saturated carbocycles. The van der Waals surface area contributed by atoms with Gasteiger partial charge in [0.15, 0.2) is 0 Å². The van der Waals surface area contributed by atoms with Gasteiger partial charge in [0.05, 0.1) is 19.6 Å². The molecule has 0 unspecified atom stereocenters. The van der Waals surface area contributed by atoms with Crippen LogP contribution < -0.4 is 5.32 Å². The van der Waals surface area contributed by atoms with Crippen molar-refractivity contribution in [2.75, 3.05) is 20.7 Å². The molecule has 0 aliphatic heterocycles. The number of hydrogen-bond donors (Lipinski definition) is 1. The number of rotatable bonds is 5. The quantitative estimate of drug-likeness (QED) is 0.765. The summed E-state index contributed by atoms with van der Waals surface area (Å²) in [5.41, 5.74) is 0. The van der Waals surface area contributed by atoms with Crippen LogP contribution in [-0.2, 0) is 14.3 Å². The van der Waals surface area contributed by atoms with E-state index in [4.69, 9.17) is 4.74 Å². The van der Waals surface area contributed by atoms with E-state index in [0.717, 1.165) is 19.3 Å². The van der Waals surface area contributed by atoms with Gasteiger partial charge >= 0.3 is 5.97 Å². The summed E-state index contributed by atoms with van der Waals surface area (Å²) in [7, 11) is 3.36. The average Bonchev–Trinajstić information content (AvgIpc) is 2.98. The molecule has 5 nitrogen and oxygen atoms in total. The Labute approximate surface area is 121 Å². The molecule has 2 aliphatic rings. The van der Waals surface area contributed by atoms with E-state index in [9.17, 15) is 9.59 Å². The van der Waals surface area contributed by atoms with Gasteiger partial charge in [0, 0.05) is 12.1 Å². The normalized spacial score (nSPS) is 31.9. The van der Waals surface area contributed by atoms with Crippen LogP contribution in [-0.4, -0.2) is 49.6 Å². The molecule has 2 rings (SSSR count). The van der Waals surface area contributed by atoms with E-state index < -0.39 is 0 Å². The fourth-order valence-electron chi connectivity index (χ4n) is 3.61. The zero-order valence-corrected chi connectivity index (χ0v) is 12.9. The van der Waals surface area contributed by atoms with Crippen molar-refractivity contribution in [2.24, 2.45) is 17.8 Å². The van der Waals surface area contributed by atoms with Crippen molar-refractivity contribution in [3.05, 3.63) is 0 Å².